The van der Waals surface area contributed by atoms with Crippen molar-refractivity contribution >= 4 is 23.0 Å². The molecule has 0 aliphatic carbocycles. The van der Waals surface area contributed by atoms with E-state index in [9.17, 15) is 0 Å². The molecule has 1 fully saturated rings. The van der Waals surface area contributed by atoms with Crippen molar-refractivity contribution in [1.29, 1.82) is 0 Å². The predicted molar refractivity (Wildman–Crippen MR) is 76.2 cm³/mol. The molecule has 1 rings (SSSR count). The van der Waals surface area contributed by atoms with E-state index < -0.39 is 0 Å². The zero-order valence-corrected chi connectivity index (χ0v) is 13.8. The summed E-state index contributed by atoms with van der Waals surface area (Å²) in [5.41, 5.74) is 0.193. The molecular weight excluding hydrogens is 315 g/mol. The average Bonchev–Trinajstić information content (AvgIpc) is 1.97. The first-order valence-electron chi connectivity index (χ1n) is 5.91. The summed E-state index contributed by atoms with van der Waals surface area (Å²) in [5, 5.41) is 2.16. The largest absolute Gasteiger partial charge is 0.328 e. The first-order valence-corrected chi connectivity index (χ1v) is 6.79. The molecule has 0 aromatic carbocycles. The van der Waals surface area contributed by atoms with E-state index in [1.54, 1.807) is 0 Å². The minimum Gasteiger partial charge on any atom is -0.328 e. The van der Waals surface area contributed by atoms with Gasteiger partial charge < -0.3 is 4.48 Å². The van der Waals surface area contributed by atoms with Crippen molar-refractivity contribution in [1.82, 2.24) is 5.06 Å². The maximum atomic E-state index is 5.58. The molecule has 1 aliphatic rings. The fourth-order valence-electron chi connectivity index (χ4n) is 2.95. The van der Waals surface area contributed by atoms with E-state index in [2.05, 4.69) is 53.9 Å². The second-order valence-electron chi connectivity index (χ2n) is 7.17. The Morgan fingerprint density at radius 2 is 1.44 bits per heavy atom. The lowest BCUT2D eigenvalue weighted by atomic mass is 9.78. The molecule has 0 radical (unpaired) electrons. The molecule has 1 heterocycles. The molecular formula is C12H26IN2O+. The van der Waals surface area contributed by atoms with Crippen LogP contribution in [0.25, 0.3) is 0 Å². The van der Waals surface area contributed by atoms with E-state index in [0.29, 0.717) is 6.04 Å². The van der Waals surface area contributed by atoms with Crippen molar-refractivity contribution < 1.29 is 7.65 Å². The van der Waals surface area contributed by atoms with Crippen LogP contribution < -0.4 is 0 Å². The van der Waals surface area contributed by atoms with Crippen LogP contribution in [0.1, 0.15) is 40.5 Å². The van der Waals surface area contributed by atoms with Gasteiger partial charge in [0.15, 0.2) is 0 Å². The summed E-state index contributed by atoms with van der Waals surface area (Å²) in [7, 11) is 6.87. The van der Waals surface area contributed by atoms with E-state index in [1.807, 2.05) is 23.0 Å². The summed E-state index contributed by atoms with van der Waals surface area (Å²) in [6.07, 6.45) is 2.34. The lowest BCUT2D eigenvalue weighted by Crippen LogP contribution is -2.65. The number of rotatable bonds is 2. The molecule has 16 heavy (non-hydrogen) atoms. The highest BCUT2D eigenvalue weighted by atomic mass is 127. The Morgan fingerprint density at radius 3 is 1.69 bits per heavy atom. The Kier molecular flexibility index (Phi) is 4.01. The van der Waals surface area contributed by atoms with Gasteiger partial charge in [-0.1, -0.05) is 0 Å². The van der Waals surface area contributed by atoms with Gasteiger partial charge in [0.1, 0.15) is 23.0 Å². The maximum absolute atomic E-state index is 5.58. The van der Waals surface area contributed by atoms with Crippen LogP contribution in [0.2, 0.25) is 0 Å². The van der Waals surface area contributed by atoms with E-state index in [4.69, 9.17) is 3.17 Å². The fourth-order valence-corrected chi connectivity index (χ4v) is 4.01. The van der Waals surface area contributed by atoms with Crippen molar-refractivity contribution in [3.8, 4) is 0 Å². The van der Waals surface area contributed by atoms with Crippen LogP contribution in [0.4, 0.5) is 0 Å². The van der Waals surface area contributed by atoms with Crippen LogP contribution in [0.15, 0.2) is 0 Å². The van der Waals surface area contributed by atoms with Gasteiger partial charge in [0, 0.05) is 23.9 Å². The van der Waals surface area contributed by atoms with Crippen molar-refractivity contribution in [3.05, 3.63) is 0 Å². The summed E-state index contributed by atoms with van der Waals surface area (Å²) >= 11 is 2.01. The van der Waals surface area contributed by atoms with Gasteiger partial charge in [0.2, 0.25) is 0 Å². The van der Waals surface area contributed by atoms with Gasteiger partial charge in [0.25, 0.3) is 0 Å². The van der Waals surface area contributed by atoms with Gasteiger partial charge in [0.05, 0.1) is 27.2 Å². The molecule has 4 heteroatoms. The molecule has 3 nitrogen and oxygen atoms in total. The van der Waals surface area contributed by atoms with Gasteiger partial charge in [-0.3, -0.25) is 0 Å². The van der Waals surface area contributed by atoms with E-state index in [-0.39, 0.29) is 11.1 Å². The third-order valence-corrected chi connectivity index (χ3v) is 4.13. The third-order valence-electron chi connectivity index (χ3n) is 3.73. The van der Waals surface area contributed by atoms with E-state index in [1.165, 1.54) is 12.8 Å². The smallest absolute Gasteiger partial charge is 0.137 e. The number of piperidine rings is 1. The lowest BCUT2D eigenvalue weighted by Gasteiger charge is -2.54. The van der Waals surface area contributed by atoms with Crippen molar-refractivity contribution in [2.75, 3.05) is 21.1 Å². The van der Waals surface area contributed by atoms with E-state index in [0.717, 1.165) is 4.48 Å². The Bertz CT molecular complexity index is 240. The van der Waals surface area contributed by atoms with Gasteiger partial charge in [-0.05, 0) is 27.7 Å². The topological polar surface area (TPSA) is 12.5 Å². The molecule has 1 aliphatic heterocycles. The highest BCUT2D eigenvalue weighted by molar-refractivity contribution is 14.1. The summed E-state index contributed by atoms with van der Waals surface area (Å²) < 4.78 is 6.61. The fraction of sp³-hybridized carbons (Fsp3) is 1.00. The zero-order valence-electron chi connectivity index (χ0n) is 11.7. The number of quaternary nitrogens is 1. The number of hydrogen-bond donors (Lipinski definition) is 0. The Labute approximate surface area is 114 Å². The Hall–Kier alpha value is 0.610. The normalized spacial score (nSPS) is 27.0. The summed E-state index contributed by atoms with van der Waals surface area (Å²) in [4.78, 5) is 0. The van der Waals surface area contributed by atoms with Crippen molar-refractivity contribution in [2.24, 2.45) is 0 Å². The number of hydroxylamine groups is 2. The monoisotopic (exact) mass is 341 g/mol. The first kappa shape index (κ1) is 14.7. The van der Waals surface area contributed by atoms with Crippen molar-refractivity contribution in [3.63, 3.8) is 0 Å². The minimum atomic E-state index is 0.0964. The molecule has 1 saturated heterocycles. The Morgan fingerprint density at radius 1 is 1.06 bits per heavy atom. The summed E-state index contributed by atoms with van der Waals surface area (Å²) in [6, 6.07) is 0.688. The van der Waals surface area contributed by atoms with Gasteiger partial charge in [-0.25, -0.2) is 3.17 Å². The third kappa shape index (κ3) is 2.89. The zero-order chi connectivity index (χ0) is 12.8. The maximum Gasteiger partial charge on any atom is 0.137 e. The average molecular weight is 341 g/mol. The second-order valence-corrected chi connectivity index (χ2v) is 7.56. The summed E-state index contributed by atoms with van der Waals surface area (Å²) in [5.74, 6) is 0. The molecule has 0 amide bonds. The molecule has 0 aromatic rings. The van der Waals surface area contributed by atoms with Crippen LogP contribution in [0, 0.1) is 0 Å². The van der Waals surface area contributed by atoms with Crippen LogP contribution in [-0.4, -0.2) is 47.8 Å². The van der Waals surface area contributed by atoms with Crippen LogP contribution in [-0.2, 0) is 3.17 Å². The van der Waals surface area contributed by atoms with Crippen LogP contribution in [0.3, 0.4) is 0 Å². The molecule has 96 valence electrons. The van der Waals surface area contributed by atoms with Gasteiger partial charge in [-0.2, -0.15) is 5.06 Å². The first-order chi connectivity index (χ1) is 7.00. The molecule has 0 atom stereocenters. The van der Waals surface area contributed by atoms with Gasteiger partial charge >= 0.3 is 0 Å². The lowest BCUT2D eigenvalue weighted by molar-refractivity contribution is -0.899. The molecule has 0 spiro atoms. The summed E-state index contributed by atoms with van der Waals surface area (Å²) in [6.45, 7) is 9.09. The van der Waals surface area contributed by atoms with Crippen molar-refractivity contribution in [2.45, 2.75) is 57.7 Å². The molecule has 0 saturated carbocycles. The van der Waals surface area contributed by atoms with Gasteiger partial charge in [-0.15, -0.1) is 0 Å². The molecule has 0 unspecified atom stereocenters. The molecule has 0 aromatic heterocycles. The van der Waals surface area contributed by atoms with E-state index >= 15 is 0 Å². The highest BCUT2D eigenvalue weighted by Gasteiger charge is 2.50. The molecule has 0 bridgehead atoms. The standard InChI is InChI=1S/C12H26IN2O/c1-11(2)8-10(15(5,6)7)9-12(3,4)14(11)16-13/h10H,8-9H2,1-7H3/q+1. The number of hydrogen-bond acceptors (Lipinski definition) is 2. The minimum absolute atomic E-state index is 0.0964. The SMILES string of the molecule is CC1(C)CC([N+](C)(C)C)CC(C)(C)N1OI. The van der Waals surface area contributed by atoms with Crippen LogP contribution >= 0.6 is 23.0 Å². The quantitative estimate of drug-likeness (QED) is 0.566. The predicted octanol–water partition coefficient (Wildman–Crippen LogP) is 3.00. The second kappa shape index (κ2) is 4.37. The number of nitrogens with zero attached hydrogens (tertiary/aromatic N) is 2. The molecule has 0 N–H and O–H groups in total. The van der Waals surface area contributed by atoms with Crippen LogP contribution in [0.5, 0.6) is 0 Å². The highest BCUT2D eigenvalue weighted by Crippen LogP contribution is 2.41. The number of halogens is 1. The Balaban J connectivity index is 2.98.